The molecule has 0 radical (unpaired) electrons. The van der Waals surface area contributed by atoms with E-state index in [1.807, 2.05) is 0 Å². The molecule has 0 aromatic heterocycles. The first-order valence-corrected chi connectivity index (χ1v) is 6.50. The lowest BCUT2D eigenvalue weighted by Crippen LogP contribution is -2.64. The number of likely N-dealkylation sites (tertiary alicyclic amines) is 2. The van der Waals surface area contributed by atoms with Gasteiger partial charge in [-0.25, -0.2) is 0 Å². The van der Waals surface area contributed by atoms with Gasteiger partial charge >= 0.3 is 0 Å². The molecule has 2 saturated heterocycles. The van der Waals surface area contributed by atoms with Gasteiger partial charge in [0.1, 0.15) is 0 Å². The predicted molar refractivity (Wildman–Crippen MR) is 65.1 cm³/mol. The standard InChI is InChI=1S/C13H26N2/c1-11(2)14-7-5-6-13(8-14)9-15(10-13)12(3)4/h11-12H,5-10H2,1-4H3. The Morgan fingerprint density at radius 3 is 1.93 bits per heavy atom. The van der Waals surface area contributed by atoms with Gasteiger partial charge in [0, 0.05) is 37.1 Å². The van der Waals surface area contributed by atoms with E-state index in [-0.39, 0.29) is 0 Å². The van der Waals surface area contributed by atoms with Crippen molar-refractivity contribution in [1.29, 1.82) is 0 Å². The molecule has 0 N–H and O–H groups in total. The molecule has 0 unspecified atom stereocenters. The number of hydrogen-bond donors (Lipinski definition) is 0. The zero-order chi connectivity index (χ0) is 11.1. The van der Waals surface area contributed by atoms with Crippen LogP contribution in [0, 0.1) is 5.41 Å². The van der Waals surface area contributed by atoms with Crippen LogP contribution in [0.2, 0.25) is 0 Å². The third kappa shape index (κ3) is 2.21. The first-order chi connectivity index (χ1) is 7.02. The Morgan fingerprint density at radius 1 is 0.867 bits per heavy atom. The summed E-state index contributed by atoms with van der Waals surface area (Å²) in [5.41, 5.74) is 0.660. The van der Waals surface area contributed by atoms with Crippen molar-refractivity contribution in [3.05, 3.63) is 0 Å². The van der Waals surface area contributed by atoms with Gasteiger partial charge in [-0.3, -0.25) is 4.90 Å². The van der Waals surface area contributed by atoms with Gasteiger partial charge < -0.3 is 4.90 Å². The summed E-state index contributed by atoms with van der Waals surface area (Å²) >= 11 is 0. The average Bonchev–Trinajstić information content (AvgIpc) is 2.13. The van der Waals surface area contributed by atoms with E-state index in [1.54, 1.807) is 0 Å². The molecule has 0 atom stereocenters. The van der Waals surface area contributed by atoms with Crippen LogP contribution in [0.15, 0.2) is 0 Å². The molecule has 0 saturated carbocycles. The molecular weight excluding hydrogens is 184 g/mol. The van der Waals surface area contributed by atoms with E-state index in [4.69, 9.17) is 0 Å². The SMILES string of the molecule is CC(C)N1CCCC2(C1)CN(C(C)C)C2. The van der Waals surface area contributed by atoms with Crippen LogP contribution in [0.3, 0.4) is 0 Å². The largest absolute Gasteiger partial charge is 0.300 e. The average molecular weight is 210 g/mol. The van der Waals surface area contributed by atoms with Crippen molar-refractivity contribution in [2.45, 2.75) is 52.6 Å². The van der Waals surface area contributed by atoms with Crippen LogP contribution >= 0.6 is 0 Å². The van der Waals surface area contributed by atoms with Crippen LogP contribution in [0.25, 0.3) is 0 Å². The molecule has 0 aromatic carbocycles. The highest BCUT2D eigenvalue weighted by molar-refractivity contribution is 5.00. The zero-order valence-electron chi connectivity index (χ0n) is 10.8. The van der Waals surface area contributed by atoms with Crippen LogP contribution in [0.5, 0.6) is 0 Å². The van der Waals surface area contributed by atoms with Gasteiger partial charge in [0.05, 0.1) is 0 Å². The first kappa shape index (κ1) is 11.4. The Kier molecular flexibility index (Phi) is 3.09. The summed E-state index contributed by atoms with van der Waals surface area (Å²) in [5, 5.41) is 0. The molecule has 1 spiro atoms. The highest BCUT2D eigenvalue weighted by atomic mass is 15.3. The monoisotopic (exact) mass is 210 g/mol. The summed E-state index contributed by atoms with van der Waals surface area (Å²) in [4.78, 5) is 5.28. The summed E-state index contributed by atoms with van der Waals surface area (Å²) in [7, 11) is 0. The predicted octanol–water partition coefficient (Wildman–Crippen LogP) is 2.20. The molecule has 0 amide bonds. The van der Waals surface area contributed by atoms with Gasteiger partial charge in [0.2, 0.25) is 0 Å². The fourth-order valence-electron chi connectivity index (χ4n) is 3.13. The van der Waals surface area contributed by atoms with Gasteiger partial charge in [0.15, 0.2) is 0 Å². The summed E-state index contributed by atoms with van der Waals surface area (Å²) in [5.74, 6) is 0. The fraction of sp³-hybridized carbons (Fsp3) is 1.00. The third-order valence-corrected chi connectivity index (χ3v) is 4.23. The molecule has 0 bridgehead atoms. The minimum Gasteiger partial charge on any atom is -0.300 e. The van der Waals surface area contributed by atoms with Crippen molar-refractivity contribution < 1.29 is 0 Å². The molecular formula is C13H26N2. The van der Waals surface area contributed by atoms with Crippen molar-refractivity contribution in [2.24, 2.45) is 5.41 Å². The van der Waals surface area contributed by atoms with Crippen molar-refractivity contribution >= 4 is 0 Å². The van der Waals surface area contributed by atoms with Crippen LogP contribution < -0.4 is 0 Å². The number of hydrogen-bond acceptors (Lipinski definition) is 2. The lowest BCUT2D eigenvalue weighted by atomic mass is 9.72. The number of piperidine rings is 1. The summed E-state index contributed by atoms with van der Waals surface area (Å²) in [6.07, 6.45) is 2.86. The van der Waals surface area contributed by atoms with E-state index in [0.717, 1.165) is 12.1 Å². The fourth-order valence-corrected chi connectivity index (χ4v) is 3.13. The minimum atomic E-state index is 0.660. The Balaban J connectivity index is 1.89. The summed E-state index contributed by atoms with van der Waals surface area (Å²) < 4.78 is 0. The van der Waals surface area contributed by atoms with E-state index in [9.17, 15) is 0 Å². The second-order valence-corrected chi connectivity index (χ2v) is 6.17. The first-order valence-electron chi connectivity index (χ1n) is 6.50. The van der Waals surface area contributed by atoms with Gasteiger partial charge in [-0.1, -0.05) is 0 Å². The Morgan fingerprint density at radius 2 is 1.40 bits per heavy atom. The van der Waals surface area contributed by atoms with Crippen molar-refractivity contribution in [3.8, 4) is 0 Å². The molecule has 2 heterocycles. The highest BCUT2D eigenvalue weighted by Gasteiger charge is 2.46. The second-order valence-electron chi connectivity index (χ2n) is 6.17. The van der Waals surface area contributed by atoms with Crippen molar-refractivity contribution in [2.75, 3.05) is 26.2 Å². The van der Waals surface area contributed by atoms with Crippen LogP contribution in [0.4, 0.5) is 0 Å². The molecule has 0 aliphatic carbocycles. The van der Waals surface area contributed by atoms with Crippen molar-refractivity contribution in [3.63, 3.8) is 0 Å². The van der Waals surface area contributed by atoms with E-state index >= 15 is 0 Å². The molecule has 2 heteroatoms. The molecule has 88 valence electrons. The lowest BCUT2D eigenvalue weighted by molar-refractivity contribution is -0.0750. The zero-order valence-corrected chi connectivity index (χ0v) is 10.8. The Labute approximate surface area is 94.6 Å². The highest BCUT2D eigenvalue weighted by Crippen LogP contribution is 2.40. The Bertz CT molecular complexity index is 217. The lowest BCUT2D eigenvalue weighted by Gasteiger charge is -2.57. The van der Waals surface area contributed by atoms with E-state index in [1.165, 1.54) is 39.0 Å². The maximum absolute atomic E-state index is 2.67. The molecule has 2 nitrogen and oxygen atoms in total. The minimum absolute atomic E-state index is 0.660. The van der Waals surface area contributed by atoms with E-state index in [2.05, 4.69) is 37.5 Å². The van der Waals surface area contributed by atoms with Gasteiger partial charge in [-0.05, 0) is 47.1 Å². The topological polar surface area (TPSA) is 6.48 Å². The molecule has 2 fully saturated rings. The molecule has 2 aliphatic heterocycles. The summed E-state index contributed by atoms with van der Waals surface area (Å²) in [6.45, 7) is 14.6. The van der Waals surface area contributed by atoms with Crippen LogP contribution in [-0.4, -0.2) is 48.1 Å². The quantitative estimate of drug-likeness (QED) is 0.689. The smallest absolute Gasteiger partial charge is 0.00856 e. The maximum Gasteiger partial charge on any atom is 0.00856 e. The second kappa shape index (κ2) is 4.06. The van der Waals surface area contributed by atoms with Crippen molar-refractivity contribution in [1.82, 2.24) is 9.80 Å². The summed E-state index contributed by atoms with van der Waals surface area (Å²) in [6, 6.07) is 1.47. The van der Waals surface area contributed by atoms with E-state index in [0.29, 0.717) is 5.41 Å². The normalized spacial score (nSPS) is 27.6. The molecule has 2 rings (SSSR count). The maximum atomic E-state index is 2.67. The number of nitrogens with zero attached hydrogens (tertiary/aromatic N) is 2. The van der Waals surface area contributed by atoms with Gasteiger partial charge in [0.25, 0.3) is 0 Å². The van der Waals surface area contributed by atoms with Gasteiger partial charge in [-0.2, -0.15) is 0 Å². The molecule has 2 aliphatic rings. The number of rotatable bonds is 2. The molecule has 15 heavy (non-hydrogen) atoms. The van der Waals surface area contributed by atoms with Gasteiger partial charge in [-0.15, -0.1) is 0 Å². The van der Waals surface area contributed by atoms with E-state index < -0.39 is 0 Å². The Hall–Kier alpha value is -0.0800. The van der Waals surface area contributed by atoms with Crippen LogP contribution in [0.1, 0.15) is 40.5 Å². The van der Waals surface area contributed by atoms with Crippen LogP contribution in [-0.2, 0) is 0 Å². The third-order valence-electron chi connectivity index (χ3n) is 4.23. The molecule has 0 aromatic rings.